The van der Waals surface area contributed by atoms with Gasteiger partial charge in [0.2, 0.25) is 0 Å². The summed E-state index contributed by atoms with van der Waals surface area (Å²) in [5.41, 5.74) is 2.80. The number of hydrogen-bond acceptors (Lipinski definition) is 4. The van der Waals surface area contributed by atoms with Gasteiger partial charge in [-0.05, 0) is 30.7 Å². The smallest absolute Gasteiger partial charge is 0.415 e. The zero-order valence-electron chi connectivity index (χ0n) is 12.4. The van der Waals surface area contributed by atoms with Crippen LogP contribution in [-0.2, 0) is 4.74 Å². The minimum Gasteiger partial charge on any atom is -0.449 e. The number of anilines is 1. The Morgan fingerprint density at radius 3 is 2.95 bits per heavy atom. The third-order valence-electron chi connectivity index (χ3n) is 3.33. The van der Waals surface area contributed by atoms with E-state index in [-0.39, 0.29) is 0 Å². The summed E-state index contributed by atoms with van der Waals surface area (Å²) < 4.78 is 6.84. The van der Waals surface area contributed by atoms with Crippen molar-refractivity contribution in [1.82, 2.24) is 14.4 Å². The molecule has 0 bridgehead atoms. The molecule has 3 aromatic rings. The average Bonchev–Trinajstić information content (AvgIpc) is 2.98. The van der Waals surface area contributed by atoms with Crippen LogP contribution in [0.3, 0.4) is 0 Å². The molecule has 0 saturated heterocycles. The van der Waals surface area contributed by atoms with Crippen LogP contribution in [0.5, 0.6) is 0 Å². The lowest BCUT2D eigenvalue weighted by Crippen LogP contribution is -2.27. The van der Waals surface area contributed by atoms with Crippen LogP contribution in [0.25, 0.3) is 16.8 Å². The lowest BCUT2D eigenvalue weighted by atomic mass is 10.1. The quantitative estimate of drug-likeness (QED) is 0.745. The zero-order valence-corrected chi connectivity index (χ0v) is 12.4. The minimum atomic E-state index is -0.418. The molecule has 3 heterocycles. The third kappa shape index (κ3) is 2.63. The summed E-state index contributed by atoms with van der Waals surface area (Å²) in [5.74, 6) is 0.543. The summed E-state index contributed by atoms with van der Waals surface area (Å²) >= 11 is 0. The molecule has 0 aromatic carbocycles. The molecule has 1 amide bonds. The summed E-state index contributed by atoms with van der Waals surface area (Å²) in [6.45, 7) is 2.11. The average molecular weight is 296 g/mol. The van der Waals surface area contributed by atoms with Crippen molar-refractivity contribution in [3.63, 3.8) is 0 Å². The van der Waals surface area contributed by atoms with Gasteiger partial charge in [0.15, 0.2) is 5.82 Å². The first-order valence-electron chi connectivity index (χ1n) is 6.98. The maximum Gasteiger partial charge on any atom is 0.415 e. The molecule has 112 valence electrons. The van der Waals surface area contributed by atoms with E-state index in [4.69, 9.17) is 4.74 Å². The number of carbonyl (C=O) groups is 1. The second kappa shape index (κ2) is 5.85. The summed E-state index contributed by atoms with van der Waals surface area (Å²) in [7, 11) is 1.64. The number of fused-ring (bicyclic) bond motifs is 1. The number of nitrogens with zero attached hydrogens (tertiary/aromatic N) is 4. The highest BCUT2D eigenvalue weighted by Crippen LogP contribution is 2.21. The first-order valence-corrected chi connectivity index (χ1v) is 6.98. The van der Waals surface area contributed by atoms with Gasteiger partial charge in [-0.15, -0.1) is 0 Å². The molecule has 22 heavy (non-hydrogen) atoms. The van der Waals surface area contributed by atoms with Crippen molar-refractivity contribution >= 4 is 17.6 Å². The molecular weight excluding hydrogens is 280 g/mol. The van der Waals surface area contributed by atoms with Crippen LogP contribution >= 0.6 is 0 Å². The van der Waals surface area contributed by atoms with Crippen LogP contribution in [-0.4, -0.2) is 34.1 Å². The van der Waals surface area contributed by atoms with E-state index >= 15 is 0 Å². The second-order valence-corrected chi connectivity index (χ2v) is 4.78. The summed E-state index contributed by atoms with van der Waals surface area (Å²) in [6.07, 6.45) is 6.83. The van der Waals surface area contributed by atoms with Gasteiger partial charge < -0.3 is 9.14 Å². The van der Waals surface area contributed by atoms with Crippen LogP contribution in [0.15, 0.2) is 49.1 Å². The number of aromatic nitrogens is 3. The van der Waals surface area contributed by atoms with E-state index in [1.54, 1.807) is 32.6 Å². The third-order valence-corrected chi connectivity index (χ3v) is 3.33. The van der Waals surface area contributed by atoms with Crippen molar-refractivity contribution in [2.45, 2.75) is 6.92 Å². The lowest BCUT2D eigenvalue weighted by molar-refractivity contribution is 0.161. The minimum absolute atomic E-state index is 0.335. The van der Waals surface area contributed by atoms with Crippen molar-refractivity contribution in [1.29, 1.82) is 0 Å². The maximum atomic E-state index is 11.8. The second-order valence-electron chi connectivity index (χ2n) is 4.78. The Morgan fingerprint density at radius 2 is 2.23 bits per heavy atom. The highest BCUT2D eigenvalue weighted by atomic mass is 16.6. The molecule has 0 atom stereocenters. The number of rotatable bonds is 3. The molecule has 0 aliphatic carbocycles. The number of hydrogen-bond donors (Lipinski definition) is 0. The van der Waals surface area contributed by atoms with Gasteiger partial charge in [-0.2, -0.15) is 0 Å². The first kappa shape index (κ1) is 14.1. The van der Waals surface area contributed by atoms with E-state index in [9.17, 15) is 4.79 Å². The number of pyridine rings is 2. The SMILES string of the molecule is CCOC(=O)N(C)c1cn2ccc(-c3cccnc3)cc2n1. The molecule has 0 aliphatic rings. The van der Waals surface area contributed by atoms with Gasteiger partial charge in [0.25, 0.3) is 0 Å². The fraction of sp³-hybridized carbons (Fsp3) is 0.188. The Hall–Kier alpha value is -2.89. The number of carbonyl (C=O) groups excluding carboxylic acids is 1. The fourth-order valence-corrected chi connectivity index (χ4v) is 2.16. The van der Waals surface area contributed by atoms with Crippen molar-refractivity contribution in [2.75, 3.05) is 18.6 Å². The van der Waals surface area contributed by atoms with E-state index in [0.717, 1.165) is 16.8 Å². The van der Waals surface area contributed by atoms with Crippen LogP contribution in [0, 0.1) is 0 Å². The van der Waals surface area contributed by atoms with E-state index in [2.05, 4.69) is 9.97 Å². The van der Waals surface area contributed by atoms with Crippen molar-refractivity contribution in [2.24, 2.45) is 0 Å². The predicted octanol–water partition coefficient (Wildman–Crippen LogP) is 2.99. The molecule has 0 unspecified atom stereocenters. The maximum absolute atomic E-state index is 11.8. The van der Waals surface area contributed by atoms with Crippen molar-refractivity contribution < 1.29 is 9.53 Å². The van der Waals surface area contributed by atoms with Crippen molar-refractivity contribution in [3.8, 4) is 11.1 Å². The van der Waals surface area contributed by atoms with Gasteiger partial charge in [-0.1, -0.05) is 6.07 Å². The summed E-state index contributed by atoms with van der Waals surface area (Å²) in [4.78, 5) is 21.7. The van der Waals surface area contributed by atoms with Gasteiger partial charge >= 0.3 is 6.09 Å². The Balaban J connectivity index is 1.95. The highest BCUT2D eigenvalue weighted by molar-refractivity contribution is 5.86. The van der Waals surface area contributed by atoms with Crippen LogP contribution in [0.4, 0.5) is 10.6 Å². The largest absolute Gasteiger partial charge is 0.449 e. The van der Waals surface area contributed by atoms with Crippen LogP contribution in [0.2, 0.25) is 0 Å². The molecule has 0 N–H and O–H groups in total. The van der Waals surface area contributed by atoms with Gasteiger partial charge in [0, 0.05) is 31.2 Å². The van der Waals surface area contributed by atoms with E-state index in [1.165, 1.54) is 4.90 Å². The molecular formula is C16H16N4O2. The predicted molar refractivity (Wildman–Crippen MR) is 83.8 cm³/mol. The summed E-state index contributed by atoms with van der Waals surface area (Å²) in [5, 5.41) is 0. The van der Waals surface area contributed by atoms with Gasteiger partial charge in [-0.25, -0.2) is 9.78 Å². The molecule has 0 fully saturated rings. The Kier molecular flexibility index (Phi) is 3.74. The Bertz CT molecular complexity index is 798. The molecule has 6 heteroatoms. The van der Waals surface area contributed by atoms with Gasteiger partial charge in [-0.3, -0.25) is 9.88 Å². The first-order chi connectivity index (χ1) is 10.7. The Morgan fingerprint density at radius 1 is 1.36 bits per heavy atom. The molecule has 0 radical (unpaired) electrons. The highest BCUT2D eigenvalue weighted by Gasteiger charge is 2.15. The number of ether oxygens (including phenoxy) is 1. The topological polar surface area (TPSA) is 59.7 Å². The number of amides is 1. The Labute approximate surface area is 128 Å². The van der Waals surface area contributed by atoms with E-state index in [1.807, 2.05) is 34.9 Å². The van der Waals surface area contributed by atoms with Crippen LogP contribution < -0.4 is 4.90 Å². The van der Waals surface area contributed by atoms with Crippen LogP contribution in [0.1, 0.15) is 6.92 Å². The molecule has 3 rings (SSSR count). The summed E-state index contributed by atoms with van der Waals surface area (Å²) in [6, 6.07) is 7.83. The van der Waals surface area contributed by atoms with E-state index in [0.29, 0.717) is 12.4 Å². The van der Waals surface area contributed by atoms with Gasteiger partial charge in [0.05, 0.1) is 12.8 Å². The monoisotopic (exact) mass is 296 g/mol. The standard InChI is InChI=1S/C16H16N4O2/c1-3-22-16(21)19(2)15-11-20-8-6-12(9-14(20)18-15)13-5-4-7-17-10-13/h4-11H,3H2,1-2H3. The molecule has 6 nitrogen and oxygen atoms in total. The molecule has 0 saturated carbocycles. The lowest BCUT2D eigenvalue weighted by Gasteiger charge is -2.12. The molecule has 0 spiro atoms. The van der Waals surface area contributed by atoms with Gasteiger partial charge in [0.1, 0.15) is 5.65 Å². The fourth-order valence-electron chi connectivity index (χ4n) is 2.16. The van der Waals surface area contributed by atoms with E-state index < -0.39 is 6.09 Å². The van der Waals surface area contributed by atoms with Crippen molar-refractivity contribution in [3.05, 3.63) is 49.1 Å². The molecule has 3 aromatic heterocycles. The zero-order chi connectivity index (χ0) is 15.5. The normalized spacial score (nSPS) is 10.6. The molecule has 0 aliphatic heterocycles. The number of imidazole rings is 1.